The zero-order chi connectivity index (χ0) is 10.2. The first-order chi connectivity index (χ1) is 5.37. The smallest absolute Gasteiger partial charge is 0.329 e. The molecule has 72 valence electrons. The van der Waals surface area contributed by atoms with Gasteiger partial charge in [-0.1, -0.05) is 13.5 Å². The third-order valence-electron chi connectivity index (χ3n) is 1.04. The van der Waals surface area contributed by atoms with E-state index in [0.717, 1.165) is 6.08 Å². The van der Waals surface area contributed by atoms with E-state index in [9.17, 15) is 4.79 Å². The highest BCUT2D eigenvalue weighted by atomic mass is 16.5. The van der Waals surface area contributed by atoms with Gasteiger partial charge in [-0.3, -0.25) is 0 Å². The van der Waals surface area contributed by atoms with Crippen molar-refractivity contribution in [2.75, 3.05) is 7.11 Å². The van der Waals surface area contributed by atoms with Crippen LogP contribution in [0.25, 0.3) is 0 Å². The molecular formula is C8H16O4. The Hall–Kier alpha value is -0.870. The molecular weight excluding hydrogens is 160 g/mol. The van der Waals surface area contributed by atoms with E-state index < -0.39 is 11.8 Å². The van der Waals surface area contributed by atoms with Crippen LogP contribution in [0.4, 0.5) is 0 Å². The highest BCUT2D eigenvalue weighted by molar-refractivity contribution is 5.80. The van der Waals surface area contributed by atoms with Gasteiger partial charge >= 0.3 is 5.97 Å². The average molecular weight is 176 g/mol. The van der Waals surface area contributed by atoms with E-state index in [2.05, 4.69) is 11.3 Å². The Bertz CT molecular complexity index is 134. The van der Waals surface area contributed by atoms with Crippen LogP contribution in [0.5, 0.6) is 0 Å². The minimum atomic E-state index is -1.46. The van der Waals surface area contributed by atoms with E-state index in [-0.39, 0.29) is 0 Å². The molecule has 4 nitrogen and oxygen atoms in total. The van der Waals surface area contributed by atoms with E-state index in [1.807, 2.05) is 0 Å². The molecule has 0 unspecified atom stereocenters. The number of methoxy groups -OCH3 is 1. The van der Waals surface area contributed by atoms with Gasteiger partial charge in [0.15, 0.2) is 5.79 Å². The molecule has 0 spiro atoms. The van der Waals surface area contributed by atoms with E-state index in [0.29, 0.717) is 6.42 Å². The van der Waals surface area contributed by atoms with Crippen molar-refractivity contribution in [3.63, 3.8) is 0 Å². The van der Waals surface area contributed by atoms with Gasteiger partial charge < -0.3 is 14.9 Å². The number of carbonyl (C=O) groups excluding carboxylic acids is 1. The Morgan fingerprint density at radius 1 is 1.67 bits per heavy atom. The van der Waals surface area contributed by atoms with Gasteiger partial charge in [-0.05, 0) is 13.3 Å². The molecule has 0 bridgehead atoms. The maximum absolute atomic E-state index is 9.84. The minimum absolute atomic E-state index is 0.382. The van der Waals surface area contributed by atoms with E-state index in [1.165, 1.54) is 14.0 Å². The summed E-state index contributed by atoms with van der Waals surface area (Å²) < 4.78 is 4.14. The second-order valence-electron chi connectivity index (χ2n) is 2.30. The Morgan fingerprint density at radius 2 is 2.00 bits per heavy atom. The summed E-state index contributed by atoms with van der Waals surface area (Å²) in [6.07, 6.45) is 1.49. The molecule has 0 amide bonds. The summed E-state index contributed by atoms with van der Waals surface area (Å²) >= 11 is 0. The van der Waals surface area contributed by atoms with Crippen LogP contribution in [0.15, 0.2) is 12.7 Å². The van der Waals surface area contributed by atoms with Crippen LogP contribution < -0.4 is 0 Å². The van der Waals surface area contributed by atoms with Gasteiger partial charge in [-0.2, -0.15) is 0 Å². The average Bonchev–Trinajstić information content (AvgIpc) is 2.03. The lowest BCUT2D eigenvalue weighted by molar-refractivity contribution is -0.145. The third kappa shape index (κ3) is 16.1. The normalized spacial score (nSPS) is 9.42. The molecule has 12 heavy (non-hydrogen) atoms. The molecule has 0 aliphatic carbocycles. The van der Waals surface area contributed by atoms with Gasteiger partial charge in [0, 0.05) is 6.08 Å². The second-order valence-corrected chi connectivity index (χ2v) is 2.30. The highest BCUT2D eigenvalue weighted by Crippen LogP contribution is 1.99. The molecule has 0 aromatic rings. The predicted octanol–water partition coefficient (Wildman–Crippen LogP) is 0.443. The van der Waals surface area contributed by atoms with Crippen molar-refractivity contribution in [1.82, 2.24) is 0 Å². The van der Waals surface area contributed by atoms with Crippen molar-refractivity contribution in [3.8, 4) is 0 Å². The molecule has 0 saturated carbocycles. The number of ether oxygens (including phenoxy) is 1. The standard InChI is InChI=1S/C4H6O2.C4H10O2/c1-3-4(5)6-2;1-3-4(2,5)6/h3H,1H2,2H3;5-6H,3H2,1-2H3. The van der Waals surface area contributed by atoms with Gasteiger partial charge in [-0.25, -0.2) is 4.79 Å². The van der Waals surface area contributed by atoms with Gasteiger partial charge in [-0.15, -0.1) is 0 Å². The Labute approximate surface area is 72.5 Å². The topological polar surface area (TPSA) is 66.8 Å². The van der Waals surface area contributed by atoms with Crippen LogP contribution in [0, 0.1) is 0 Å². The molecule has 0 radical (unpaired) electrons. The van der Waals surface area contributed by atoms with E-state index >= 15 is 0 Å². The lowest BCUT2D eigenvalue weighted by Gasteiger charge is -2.10. The number of rotatable bonds is 2. The van der Waals surface area contributed by atoms with Crippen molar-refractivity contribution < 1.29 is 19.7 Å². The zero-order valence-electron chi connectivity index (χ0n) is 7.70. The summed E-state index contributed by atoms with van der Waals surface area (Å²) in [6.45, 7) is 6.22. The number of esters is 1. The van der Waals surface area contributed by atoms with Crippen molar-refractivity contribution in [3.05, 3.63) is 12.7 Å². The van der Waals surface area contributed by atoms with Gasteiger partial charge in [0.05, 0.1) is 7.11 Å². The first-order valence-corrected chi connectivity index (χ1v) is 3.52. The number of hydrogen-bond acceptors (Lipinski definition) is 4. The maximum atomic E-state index is 9.84. The van der Waals surface area contributed by atoms with Gasteiger partial charge in [0.25, 0.3) is 0 Å². The summed E-state index contributed by atoms with van der Waals surface area (Å²) in [5.74, 6) is -1.85. The molecule has 4 heteroatoms. The van der Waals surface area contributed by atoms with Crippen molar-refractivity contribution >= 4 is 5.97 Å². The fourth-order valence-electron chi connectivity index (χ4n) is 0.0833. The zero-order valence-corrected chi connectivity index (χ0v) is 7.70. The van der Waals surface area contributed by atoms with Gasteiger partial charge in [0.2, 0.25) is 0 Å². The predicted molar refractivity (Wildman–Crippen MR) is 45.3 cm³/mol. The summed E-state index contributed by atoms with van der Waals surface area (Å²) in [6, 6.07) is 0. The molecule has 0 fully saturated rings. The third-order valence-corrected chi connectivity index (χ3v) is 1.04. The first kappa shape index (κ1) is 13.7. The molecule has 0 aliphatic rings. The second kappa shape index (κ2) is 6.82. The van der Waals surface area contributed by atoms with E-state index in [1.54, 1.807) is 6.92 Å². The van der Waals surface area contributed by atoms with Gasteiger partial charge in [0.1, 0.15) is 0 Å². The van der Waals surface area contributed by atoms with Crippen LogP contribution in [-0.4, -0.2) is 29.1 Å². The minimum Gasteiger partial charge on any atom is -0.466 e. The Balaban J connectivity index is 0. The van der Waals surface area contributed by atoms with Crippen molar-refractivity contribution in [2.24, 2.45) is 0 Å². The lowest BCUT2D eigenvalue weighted by Crippen LogP contribution is -2.20. The van der Waals surface area contributed by atoms with Crippen LogP contribution in [0.1, 0.15) is 20.3 Å². The quantitative estimate of drug-likeness (QED) is 0.364. The van der Waals surface area contributed by atoms with Crippen LogP contribution in [0.3, 0.4) is 0 Å². The largest absolute Gasteiger partial charge is 0.466 e. The fourth-order valence-corrected chi connectivity index (χ4v) is 0.0833. The number of hydrogen-bond donors (Lipinski definition) is 2. The fraction of sp³-hybridized carbons (Fsp3) is 0.625. The highest BCUT2D eigenvalue weighted by Gasteiger charge is 2.08. The molecule has 0 rings (SSSR count). The van der Waals surface area contributed by atoms with Crippen molar-refractivity contribution in [2.45, 2.75) is 26.1 Å². The monoisotopic (exact) mass is 176 g/mol. The SMILES string of the molecule is C=CC(=O)OC.CCC(C)(O)O. The number of carbonyl (C=O) groups is 1. The molecule has 0 atom stereocenters. The molecule has 2 N–H and O–H groups in total. The van der Waals surface area contributed by atoms with Crippen LogP contribution in [0.2, 0.25) is 0 Å². The van der Waals surface area contributed by atoms with Crippen molar-refractivity contribution in [1.29, 1.82) is 0 Å². The molecule has 0 saturated heterocycles. The molecule has 0 aromatic carbocycles. The summed E-state index contributed by atoms with van der Waals surface area (Å²) in [7, 11) is 1.31. The molecule has 0 aliphatic heterocycles. The first-order valence-electron chi connectivity index (χ1n) is 3.52. The van der Waals surface area contributed by atoms with Crippen LogP contribution >= 0.6 is 0 Å². The Kier molecular flexibility index (Phi) is 7.78. The molecule has 0 aromatic heterocycles. The summed E-state index contributed by atoms with van der Waals surface area (Å²) in [4.78, 5) is 9.84. The summed E-state index contributed by atoms with van der Waals surface area (Å²) in [5.41, 5.74) is 0. The lowest BCUT2D eigenvalue weighted by atomic mass is 10.3. The number of aliphatic hydroxyl groups is 2. The van der Waals surface area contributed by atoms with E-state index in [4.69, 9.17) is 10.2 Å². The Morgan fingerprint density at radius 3 is 2.00 bits per heavy atom. The summed E-state index contributed by atoms with van der Waals surface area (Å²) in [5, 5.41) is 16.8. The van der Waals surface area contributed by atoms with Crippen LogP contribution in [-0.2, 0) is 9.53 Å². The molecule has 0 heterocycles. The maximum Gasteiger partial charge on any atom is 0.329 e.